The van der Waals surface area contributed by atoms with Crippen LogP contribution in [0.25, 0.3) is 0 Å². The Morgan fingerprint density at radius 2 is 1.81 bits per heavy atom. The van der Waals surface area contributed by atoms with Crippen molar-refractivity contribution in [2.75, 3.05) is 13.2 Å². The lowest BCUT2D eigenvalue weighted by atomic mass is 9.99. The largest absolute Gasteiger partial charge is 0.394 e. The molecule has 1 fully saturated rings. The molecule has 1 heterocycles. The highest BCUT2D eigenvalue weighted by Crippen LogP contribution is 2.22. The second-order valence-corrected chi connectivity index (χ2v) is 6.06. The van der Waals surface area contributed by atoms with Crippen molar-refractivity contribution in [3.8, 4) is 0 Å². The van der Waals surface area contributed by atoms with Gasteiger partial charge in [-0.1, -0.05) is 6.92 Å². The molecule has 1 aliphatic rings. The Morgan fingerprint density at radius 3 is 2.31 bits per heavy atom. The van der Waals surface area contributed by atoms with Gasteiger partial charge < -0.3 is 50.5 Å². The van der Waals surface area contributed by atoms with Crippen LogP contribution in [0.2, 0.25) is 0 Å². The molecule has 11 heteroatoms. The van der Waals surface area contributed by atoms with E-state index in [1.54, 1.807) is 6.92 Å². The summed E-state index contributed by atoms with van der Waals surface area (Å²) >= 11 is 0. The Bertz CT molecular complexity index is 435. The average molecular weight is 381 g/mol. The molecule has 9 atom stereocenters. The van der Waals surface area contributed by atoms with Crippen LogP contribution in [0.15, 0.2) is 0 Å². The Balaban J connectivity index is 2.79. The van der Waals surface area contributed by atoms with E-state index in [0.29, 0.717) is 0 Å². The predicted molar refractivity (Wildman–Crippen MR) is 84.3 cm³/mol. The molecule has 152 valence electrons. The van der Waals surface area contributed by atoms with Gasteiger partial charge in [0.25, 0.3) is 0 Å². The third-order valence-electron chi connectivity index (χ3n) is 4.11. The van der Waals surface area contributed by atoms with Gasteiger partial charge in [-0.3, -0.25) is 4.79 Å². The van der Waals surface area contributed by atoms with Gasteiger partial charge in [-0.05, 0) is 6.42 Å². The van der Waals surface area contributed by atoms with Gasteiger partial charge in [0.05, 0.1) is 25.4 Å². The zero-order valence-corrected chi connectivity index (χ0v) is 14.3. The number of aliphatic hydroxyl groups is 7. The van der Waals surface area contributed by atoms with Crippen molar-refractivity contribution in [2.24, 2.45) is 0 Å². The third kappa shape index (κ3) is 5.81. The molecule has 7 unspecified atom stereocenters. The fourth-order valence-corrected chi connectivity index (χ4v) is 2.41. The molecule has 1 amide bonds. The summed E-state index contributed by atoms with van der Waals surface area (Å²) in [4.78, 5) is 11.6. The van der Waals surface area contributed by atoms with Gasteiger partial charge in [-0.2, -0.15) is 0 Å². The lowest BCUT2D eigenvalue weighted by molar-refractivity contribution is -0.303. The minimum Gasteiger partial charge on any atom is -0.394 e. The van der Waals surface area contributed by atoms with E-state index in [4.69, 9.17) is 26.6 Å². The Hall–Kier alpha value is -0.890. The van der Waals surface area contributed by atoms with Crippen LogP contribution in [0, 0.1) is 6.92 Å². The molecule has 0 aromatic heterocycles. The summed E-state index contributed by atoms with van der Waals surface area (Å²) < 4.78 is 10.4. The van der Waals surface area contributed by atoms with Crippen molar-refractivity contribution in [2.45, 2.75) is 68.4 Å². The Morgan fingerprint density at radius 1 is 1.19 bits per heavy atom. The molecule has 11 nitrogen and oxygen atoms in total. The minimum absolute atomic E-state index is 0.152. The van der Waals surface area contributed by atoms with E-state index >= 15 is 0 Å². The molecule has 1 rings (SSSR count). The minimum atomic E-state index is -1.87. The molecule has 2 radical (unpaired) electrons. The first-order chi connectivity index (χ1) is 12.1. The average Bonchev–Trinajstić information content (AvgIpc) is 2.62. The Labute approximate surface area is 150 Å². The van der Waals surface area contributed by atoms with E-state index in [2.05, 4.69) is 5.32 Å². The molecule has 1 saturated heterocycles. The summed E-state index contributed by atoms with van der Waals surface area (Å²) in [6.45, 7) is 5.46. The summed E-state index contributed by atoms with van der Waals surface area (Å²) in [6, 6.07) is -1.23. The van der Waals surface area contributed by atoms with Crippen molar-refractivity contribution >= 4 is 5.91 Å². The summed E-state index contributed by atoms with van der Waals surface area (Å²) in [5, 5.41) is 69.5. The zero-order chi connectivity index (χ0) is 20.0. The van der Waals surface area contributed by atoms with Crippen LogP contribution in [0.1, 0.15) is 13.3 Å². The van der Waals surface area contributed by atoms with Gasteiger partial charge >= 0.3 is 0 Å². The second-order valence-electron chi connectivity index (χ2n) is 6.06. The third-order valence-corrected chi connectivity index (χ3v) is 4.11. The molecule has 8 N–H and O–H groups in total. The Kier molecular flexibility index (Phi) is 9.30. The van der Waals surface area contributed by atoms with Gasteiger partial charge in [0, 0.05) is 6.92 Å². The molecule has 0 bridgehead atoms. The number of carbonyl (C=O) groups is 1. The van der Waals surface area contributed by atoms with Crippen LogP contribution >= 0.6 is 0 Å². The number of hydrogen-bond acceptors (Lipinski definition) is 10. The van der Waals surface area contributed by atoms with Crippen molar-refractivity contribution in [3.05, 3.63) is 6.92 Å². The maximum absolute atomic E-state index is 11.6. The van der Waals surface area contributed by atoms with E-state index in [-0.39, 0.29) is 6.42 Å². The monoisotopic (exact) mass is 381 g/mol. The van der Waals surface area contributed by atoms with E-state index in [9.17, 15) is 30.3 Å². The molecule has 0 spiro atoms. The molecule has 26 heavy (non-hydrogen) atoms. The molecular formula is C15H27NO10. The van der Waals surface area contributed by atoms with E-state index in [1.165, 1.54) is 0 Å². The van der Waals surface area contributed by atoms with Crippen LogP contribution in [0.5, 0.6) is 0 Å². The van der Waals surface area contributed by atoms with Crippen LogP contribution in [-0.4, -0.2) is 110 Å². The highest BCUT2D eigenvalue weighted by Gasteiger charge is 2.44. The van der Waals surface area contributed by atoms with E-state index in [0.717, 1.165) is 0 Å². The first-order valence-electron chi connectivity index (χ1n) is 8.16. The molecule has 0 aromatic carbocycles. The first kappa shape index (κ1) is 23.1. The standard InChI is InChI=1S/C15H27NO10/c1-3-8(19)10(20)7(16-14(24)6(2)18)5-25-15-13(23)12(22)11(21)9(4-17)26-15/h2,6-13,15,17-23H,3-5H2,1H3,(H,16,24)/t6?,7?,8?,9?,10?,11-,12?,13?,15+/m0/s1. The van der Waals surface area contributed by atoms with Crippen LogP contribution in [0.3, 0.4) is 0 Å². The highest BCUT2D eigenvalue weighted by atomic mass is 16.7. The molecule has 0 saturated carbocycles. The number of amides is 1. The second kappa shape index (κ2) is 10.4. The van der Waals surface area contributed by atoms with Crippen molar-refractivity contribution < 1.29 is 50.0 Å². The SMILES string of the molecule is [CH]C(O)C(=O)NC(CO[C@@H]1OC(CO)[C@H](O)C(O)C1O)C(O)C(O)CC. The number of aliphatic hydroxyl groups excluding tert-OH is 7. The summed E-state index contributed by atoms with van der Waals surface area (Å²) in [6.07, 6.45) is -12.0. The van der Waals surface area contributed by atoms with E-state index in [1.807, 2.05) is 0 Å². The van der Waals surface area contributed by atoms with Crippen LogP contribution < -0.4 is 5.32 Å². The number of ether oxygens (including phenoxy) is 2. The van der Waals surface area contributed by atoms with Crippen molar-refractivity contribution in [1.29, 1.82) is 0 Å². The summed E-state index contributed by atoms with van der Waals surface area (Å²) in [5.41, 5.74) is 0. The molecule has 0 aromatic rings. The van der Waals surface area contributed by atoms with Gasteiger partial charge in [-0.15, -0.1) is 0 Å². The highest BCUT2D eigenvalue weighted by molar-refractivity contribution is 5.81. The maximum atomic E-state index is 11.6. The molecular weight excluding hydrogens is 354 g/mol. The molecule has 0 aliphatic carbocycles. The fourth-order valence-electron chi connectivity index (χ4n) is 2.41. The first-order valence-corrected chi connectivity index (χ1v) is 8.16. The smallest absolute Gasteiger partial charge is 0.249 e. The van der Waals surface area contributed by atoms with Gasteiger partial charge in [0.2, 0.25) is 5.91 Å². The lowest BCUT2D eigenvalue weighted by Crippen LogP contribution is -2.60. The molecule has 1 aliphatic heterocycles. The normalized spacial score (nSPS) is 34.0. The maximum Gasteiger partial charge on any atom is 0.249 e. The van der Waals surface area contributed by atoms with Crippen LogP contribution in [0.4, 0.5) is 0 Å². The van der Waals surface area contributed by atoms with Gasteiger partial charge in [-0.25, -0.2) is 0 Å². The zero-order valence-electron chi connectivity index (χ0n) is 14.3. The van der Waals surface area contributed by atoms with Gasteiger partial charge in [0.1, 0.15) is 36.6 Å². The quantitative estimate of drug-likeness (QED) is 0.193. The summed E-state index contributed by atoms with van der Waals surface area (Å²) in [5.74, 6) is -1.03. The van der Waals surface area contributed by atoms with E-state index < -0.39 is 74.2 Å². The van der Waals surface area contributed by atoms with Crippen LogP contribution in [-0.2, 0) is 14.3 Å². The number of nitrogens with one attached hydrogen (secondary N) is 1. The number of carbonyl (C=O) groups excluding carboxylic acids is 1. The van der Waals surface area contributed by atoms with Crippen molar-refractivity contribution in [1.82, 2.24) is 5.32 Å². The number of hydrogen-bond donors (Lipinski definition) is 8. The summed E-state index contributed by atoms with van der Waals surface area (Å²) in [7, 11) is 0. The fraction of sp³-hybridized carbons (Fsp3) is 0.867. The lowest BCUT2D eigenvalue weighted by Gasteiger charge is -2.40. The predicted octanol–water partition coefficient (Wildman–Crippen LogP) is -4.51. The van der Waals surface area contributed by atoms with Crippen molar-refractivity contribution in [3.63, 3.8) is 0 Å². The topological polar surface area (TPSA) is 189 Å². The van der Waals surface area contributed by atoms with Gasteiger partial charge in [0.15, 0.2) is 6.29 Å². The number of rotatable bonds is 9.